The molecule has 4 rings (SSSR count). The Labute approximate surface area is 218 Å². The molecule has 0 aliphatic carbocycles. The number of aryl methyl sites for hydroxylation is 1. The standard InChI is InChI=1S/C30H48N4O2/c1-24(2)23-27-28(35)34(20-15-26-14-10-18-32(26)3)30(29(36)31-27)16-21-33(22-17-30)19-9-5-8-13-25-11-6-4-7-12-25/h4,6-7,11-12,24,26-27H,5,8-10,13-23H2,1-3H3,(H,31,36)/t26?,27-/m0/s1. The summed E-state index contributed by atoms with van der Waals surface area (Å²) in [5, 5.41) is 3.16. The predicted molar refractivity (Wildman–Crippen MR) is 146 cm³/mol. The molecule has 3 aliphatic heterocycles. The zero-order valence-corrected chi connectivity index (χ0v) is 22.9. The number of carbonyl (C=O) groups is 2. The Balaban J connectivity index is 1.32. The Hall–Kier alpha value is -1.92. The second-order valence-corrected chi connectivity index (χ2v) is 11.9. The smallest absolute Gasteiger partial charge is 0.246 e. The normalized spacial score (nSPS) is 25.2. The van der Waals surface area contributed by atoms with Gasteiger partial charge in [0.25, 0.3) is 0 Å². The topological polar surface area (TPSA) is 55.9 Å². The molecular weight excluding hydrogens is 448 g/mol. The number of carbonyl (C=O) groups excluding carboxylic acids is 2. The lowest BCUT2D eigenvalue weighted by Gasteiger charge is -2.52. The minimum atomic E-state index is -0.661. The highest BCUT2D eigenvalue weighted by Crippen LogP contribution is 2.35. The van der Waals surface area contributed by atoms with Gasteiger partial charge < -0.3 is 20.0 Å². The minimum Gasteiger partial charge on any atom is -0.342 e. The van der Waals surface area contributed by atoms with Gasteiger partial charge in [-0.2, -0.15) is 0 Å². The number of nitrogens with one attached hydrogen (secondary N) is 1. The number of amides is 2. The van der Waals surface area contributed by atoms with Crippen LogP contribution in [0, 0.1) is 5.92 Å². The quantitative estimate of drug-likeness (QED) is 0.469. The molecule has 1 N–H and O–H groups in total. The molecule has 6 heteroatoms. The van der Waals surface area contributed by atoms with E-state index in [9.17, 15) is 9.59 Å². The number of piperidine rings is 1. The Kier molecular flexibility index (Phi) is 9.46. The minimum absolute atomic E-state index is 0.0926. The summed E-state index contributed by atoms with van der Waals surface area (Å²) in [7, 11) is 2.19. The van der Waals surface area contributed by atoms with E-state index in [1.54, 1.807) is 0 Å². The fourth-order valence-corrected chi connectivity index (χ4v) is 6.58. The molecule has 1 aromatic carbocycles. The highest BCUT2D eigenvalue weighted by Gasteiger charge is 2.53. The van der Waals surface area contributed by atoms with Gasteiger partial charge in [-0.1, -0.05) is 50.6 Å². The largest absolute Gasteiger partial charge is 0.342 e. The van der Waals surface area contributed by atoms with Crippen LogP contribution < -0.4 is 5.32 Å². The van der Waals surface area contributed by atoms with Crippen molar-refractivity contribution in [3.63, 3.8) is 0 Å². The Morgan fingerprint density at radius 1 is 1.00 bits per heavy atom. The SMILES string of the molecule is CC(C)C[C@@H]1NC(=O)C2(CCN(CCCCCc3ccccc3)CC2)N(CCC2CCCN2C)C1=O. The van der Waals surface area contributed by atoms with Crippen LogP contribution in [0.1, 0.15) is 77.2 Å². The summed E-state index contributed by atoms with van der Waals surface area (Å²) in [6.45, 7) is 8.97. The Morgan fingerprint density at radius 3 is 2.42 bits per heavy atom. The molecule has 1 aromatic rings. The van der Waals surface area contributed by atoms with Gasteiger partial charge in [-0.25, -0.2) is 0 Å². The molecular formula is C30H48N4O2. The van der Waals surface area contributed by atoms with E-state index < -0.39 is 5.54 Å². The van der Waals surface area contributed by atoms with Gasteiger partial charge in [-0.05, 0) is 89.4 Å². The molecule has 2 amide bonds. The van der Waals surface area contributed by atoms with Gasteiger partial charge >= 0.3 is 0 Å². The zero-order chi connectivity index (χ0) is 25.5. The number of hydrogen-bond donors (Lipinski definition) is 1. The van der Waals surface area contributed by atoms with Crippen molar-refractivity contribution in [2.24, 2.45) is 5.92 Å². The van der Waals surface area contributed by atoms with Gasteiger partial charge in [0.15, 0.2) is 0 Å². The van der Waals surface area contributed by atoms with E-state index in [1.807, 2.05) is 4.90 Å². The lowest BCUT2D eigenvalue weighted by Crippen LogP contribution is -2.73. The van der Waals surface area contributed by atoms with Crippen LogP contribution in [0.3, 0.4) is 0 Å². The van der Waals surface area contributed by atoms with Crippen molar-refractivity contribution in [1.29, 1.82) is 0 Å². The first-order valence-electron chi connectivity index (χ1n) is 14.5. The van der Waals surface area contributed by atoms with Crippen LogP contribution in [-0.2, 0) is 16.0 Å². The third-order valence-electron chi connectivity index (χ3n) is 8.84. The molecule has 0 saturated carbocycles. The number of nitrogens with zero attached hydrogens (tertiary/aromatic N) is 3. The molecule has 3 heterocycles. The average Bonchev–Trinajstić information content (AvgIpc) is 3.28. The molecule has 0 aromatic heterocycles. The van der Waals surface area contributed by atoms with Crippen molar-refractivity contribution < 1.29 is 9.59 Å². The fourth-order valence-electron chi connectivity index (χ4n) is 6.58. The first kappa shape index (κ1) is 27.1. The maximum Gasteiger partial charge on any atom is 0.246 e. The van der Waals surface area contributed by atoms with E-state index >= 15 is 0 Å². The summed E-state index contributed by atoms with van der Waals surface area (Å²) >= 11 is 0. The zero-order valence-electron chi connectivity index (χ0n) is 22.9. The monoisotopic (exact) mass is 496 g/mol. The lowest BCUT2D eigenvalue weighted by molar-refractivity contribution is -0.162. The van der Waals surface area contributed by atoms with Crippen molar-refractivity contribution >= 4 is 11.8 Å². The number of hydrogen-bond acceptors (Lipinski definition) is 4. The molecule has 3 saturated heterocycles. The molecule has 0 radical (unpaired) electrons. The highest BCUT2D eigenvalue weighted by molar-refractivity contribution is 6.00. The number of piperazine rings is 1. The third kappa shape index (κ3) is 6.49. The molecule has 6 nitrogen and oxygen atoms in total. The van der Waals surface area contributed by atoms with E-state index in [2.05, 4.69) is 66.3 Å². The molecule has 1 spiro atoms. The van der Waals surface area contributed by atoms with Gasteiger partial charge in [-0.3, -0.25) is 9.59 Å². The molecule has 36 heavy (non-hydrogen) atoms. The molecule has 1 unspecified atom stereocenters. The second-order valence-electron chi connectivity index (χ2n) is 11.9. The summed E-state index contributed by atoms with van der Waals surface area (Å²) < 4.78 is 0. The van der Waals surface area contributed by atoms with Crippen LogP contribution in [0.2, 0.25) is 0 Å². The number of likely N-dealkylation sites (tertiary alicyclic amines) is 2. The van der Waals surface area contributed by atoms with Crippen molar-refractivity contribution in [1.82, 2.24) is 20.0 Å². The molecule has 200 valence electrons. The summed E-state index contributed by atoms with van der Waals surface area (Å²) in [4.78, 5) is 34.2. The molecule has 3 fully saturated rings. The van der Waals surface area contributed by atoms with Crippen LogP contribution in [0.15, 0.2) is 30.3 Å². The summed E-state index contributed by atoms with van der Waals surface area (Å²) in [5.74, 6) is 0.619. The van der Waals surface area contributed by atoms with Crippen molar-refractivity contribution in [2.45, 2.75) is 95.7 Å². The lowest BCUT2D eigenvalue weighted by atomic mass is 9.80. The van der Waals surface area contributed by atoms with Gasteiger partial charge in [0.2, 0.25) is 11.8 Å². The predicted octanol–water partition coefficient (Wildman–Crippen LogP) is 4.09. The van der Waals surface area contributed by atoms with E-state index in [-0.39, 0.29) is 17.9 Å². The van der Waals surface area contributed by atoms with Crippen molar-refractivity contribution in [2.75, 3.05) is 39.8 Å². The number of rotatable bonds is 11. The Bertz CT molecular complexity index is 850. The van der Waals surface area contributed by atoms with E-state index in [1.165, 1.54) is 37.7 Å². The molecule has 2 atom stereocenters. The number of benzene rings is 1. The van der Waals surface area contributed by atoms with Gasteiger partial charge in [0.1, 0.15) is 11.6 Å². The van der Waals surface area contributed by atoms with E-state index in [0.29, 0.717) is 18.5 Å². The summed E-state index contributed by atoms with van der Waals surface area (Å²) in [5.41, 5.74) is 0.760. The first-order valence-corrected chi connectivity index (χ1v) is 14.5. The first-order chi connectivity index (χ1) is 17.4. The van der Waals surface area contributed by atoms with Crippen LogP contribution in [-0.4, -0.2) is 83.9 Å². The van der Waals surface area contributed by atoms with E-state index in [4.69, 9.17) is 0 Å². The van der Waals surface area contributed by atoms with Crippen LogP contribution >= 0.6 is 0 Å². The molecule has 0 bridgehead atoms. The number of unbranched alkanes of at least 4 members (excludes halogenated alkanes) is 2. The summed E-state index contributed by atoms with van der Waals surface area (Å²) in [6.07, 6.45) is 10.4. The maximum absolute atomic E-state index is 13.7. The second kappa shape index (κ2) is 12.6. The maximum atomic E-state index is 13.7. The third-order valence-corrected chi connectivity index (χ3v) is 8.84. The van der Waals surface area contributed by atoms with Crippen LogP contribution in [0.4, 0.5) is 0 Å². The van der Waals surface area contributed by atoms with Crippen molar-refractivity contribution in [3.8, 4) is 0 Å². The Morgan fingerprint density at radius 2 is 1.75 bits per heavy atom. The van der Waals surface area contributed by atoms with E-state index in [0.717, 1.165) is 58.3 Å². The van der Waals surface area contributed by atoms with Gasteiger partial charge in [0, 0.05) is 25.7 Å². The van der Waals surface area contributed by atoms with Gasteiger partial charge in [-0.15, -0.1) is 0 Å². The fraction of sp³-hybridized carbons (Fsp3) is 0.733. The van der Waals surface area contributed by atoms with Crippen LogP contribution in [0.5, 0.6) is 0 Å². The van der Waals surface area contributed by atoms with Gasteiger partial charge in [0.05, 0.1) is 0 Å². The molecule has 3 aliphatic rings. The van der Waals surface area contributed by atoms with Crippen LogP contribution in [0.25, 0.3) is 0 Å². The van der Waals surface area contributed by atoms with Crippen molar-refractivity contribution in [3.05, 3.63) is 35.9 Å². The average molecular weight is 497 g/mol. The summed E-state index contributed by atoms with van der Waals surface area (Å²) in [6, 6.07) is 10.9. The highest BCUT2D eigenvalue weighted by atomic mass is 16.2.